The van der Waals surface area contributed by atoms with Crippen molar-refractivity contribution in [3.63, 3.8) is 0 Å². The quantitative estimate of drug-likeness (QED) is 0.782. The third-order valence-electron chi connectivity index (χ3n) is 3.77. The average molecular weight is 360 g/mol. The second-order valence-electron chi connectivity index (χ2n) is 5.99. The maximum Gasteiger partial charge on any atom is 0.206 e. The molecule has 1 aromatic heterocycles. The molecule has 0 unspecified atom stereocenters. The van der Waals surface area contributed by atoms with Gasteiger partial charge in [-0.1, -0.05) is 23.2 Å². The highest BCUT2D eigenvalue weighted by Gasteiger charge is 2.37. The summed E-state index contributed by atoms with van der Waals surface area (Å²) in [5.74, 6) is 0.566. The predicted octanol–water partition coefficient (Wildman–Crippen LogP) is 2.80. The topological polar surface area (TPSA) is 79.5 Å². The SMILES string of the molecule is CC(C)Nc1nc2cc(Cl)c(Cl)cc2n1[C@H]1O[C@@H](CO)C[C@@H]1O. The van der Waals surface area contributed by atoms with Crippen molar-refractivity contribution in [2.24, 2.45) is 0 Å². The molecule has 1 saturated heterocycles. The van der Waals surface area contributed by atoms with E-state index in [0.717, 1.165) is 0 Å². The molecule has 3 N–H and O–H groups in total. The average Bonchev–Trinajstić information content (AvgIpc) is 2.99. The molecule has 0 aliphatic carbocycles. The first-order valence-corrected chi connectivity index (χ1v) is 8.24. The van der Waals surface area contributed by atoms with Crippen LogP contribution in [0.5, 0.6) is 0 Å². The second kappa shape index (κ2) is 6.45. The largest absolute Gasteiger partial charge is 0.394 e. The van der Waals surface area contributed by atoms with E-state index in [-0.39, 0.29) is 12.6 Å². The number of aliphatic hydroxyl groups is 2. The van der Waals surface area contributed by atoms with Gasteiger partial charge >= 0.3 is 0 Å². The van der Waals surface area contributed by atoms with Crippen molar-refractivity contribution in [1.82, 2.24) is 9.55 Å². The van der Waals surface area contributed by atoms with E-state index in [1.807, 2.05) is 13.8 Å². The van der Waals surface area contributed by atoms with Gasteiger partial charge < -0.3 is 20.3 Å². The van der Waals surface area contributed by atoms with E-state index < -0.39 is 18.4 Å². The van der Waals surface area contributed by atoms with Gasteiger partial charge in [-0.2, -0.15) is 0 Å². The number of benzene rings is 1. The van der Waals surface area contributed by atoms with Crippen LogP contribution in [0.1, 0.15) is 26.5 Å². The maximum absolute atomic E-state index is 10.3. The summed E-state index contributed by atoms with van der Waals surface area (Å²) >= 11 is 12.2. The molecule has 3 rings (SSSR count). The number of halogens is 2. The zero-order valence-electron chi connectivity index (χ0n) is 12.8. The van der Waals surface area contributed by atoms with Gasteiger partial charge in [0.15, 0.2) is 6.23 Å². The molecule has 1 aromatic carbocycles. The zero-order chi connectivity index (χ0) is 16.7. The van der Waals surface area contributed by atoms with Crippen LogP contribution in [0.4, 0.5) is 5.95 Å². The lowest BCUT2D eigenvalue weighted by molar-refractivity contribution is -0.0473. The minimum Gasteiger partial charge on any atom is -0.394 e. The fourth-order valence-electron chi connectivity index (χ4n) is 2.79. The molecule has 0 bridgehead atoms. The van der Waals surface area contributed by atoms with Crippen LogP contribution in [-0.2, 0) is 4.74 Å². The standard InChI is InChI=1S/C15H19Cl2N3O3/c1-7(2)18-15-19-11-4-9(16)10(17)5-12(11)20(15)14-13(22)3-8(6-21)23-14/h4-5,7-8,13-14,21-22H,3,6H2,1-2H3,(H,18,19)/t8-,13+,14+/m1/s1. The molecule has 2 aromatic rings. The summed E-state index contributed by atoms with van der Waals surface area (Å²) in [6.45, 7) is 3.85. The number of hydrogen-bond acceptors (Lipinski definition) is 5. The first-order chi connectivity index (χ1) is 10.9. The van der Waals surface area contributed by atoms with Gasteiger partial charge in [-0.05, 0) is 26.0 Å². The van der Waals surface area contributed by atoms with Gasteiger partial charge in [-0.15, -0.1) is 0 Å². The van der Waals surface area contributed by atoms with E-state index in [1.54, 1.807) is 16.7 Å². The number of aliphatic hydroxyl groups excluding tert-OH is 2. The lowest BCUT2D eigenvalue weighted by Gasteiger charge is -2.21. The fourth-order valence-corrected chi connectivity index (χ4v) is 3.10. The van der Waals surface area contributed by atoms with Crippen LogP contribution in [0.2, 0.25) is 10.0 Å². The summed E-state index contributed by atoms with van der Waals surface area (Å²) in [5.41, 5.74) is 1.37. The number of rotatable bonds is 4. The monoisotopic (exact) mass is 359 g/mol. The molecular formula is C15H19Cl2N3O3. The first kappa shape index (κ1) is 16.8. The van der Waals surface area contributed by atoms with Crippen molar-refractivity contribution in [2.45, 2.75) is 44.7 Å². The number of anilines is 1. The Morgan fingerprint density at radius 3 is 2.70 bits per heavy atom. The molecule has 8 heteroatoms. The van der Waals surface area contributed by atoms with E-state index in [9.17, 15) is 10.2 Å². The van der Waals surface area contributed by atoms with E-state index in [2.05, 4.69) is 10.3 Å². The Morgan fingerprint density at radius 1 is 1.39 bits per heavy atom. The molecule has 2 heterocycles. The molecule has 1 aliphatic rings. The zero-order valence-corrected chi connectivity index (χ0v) is 14.3. The van der Waals surface area contributed by atoms with Gasteiger partial charge in [-0.25, -0.2) is 4.98 Å². The highest BCUT2D eigenvalue weighted by atomic mass is 35.5. The number of aromatic nitrogens is 2. The highest BCUT2D eigenvalue weighted by molar-refractivity contribution is 6.42. The van der Waals surface area contributed by atoms with Crippen molar-refractivity contribution in [3.05, 3.63) is 22.2 Å². The number of imidazole rings is 1. The van der Waals surface area contributed by atoms with Crippen LogP contribution in [0.3, 0.4) is 0 Å². The minimum absolute atomic E-state index is 0.139. The number of hydrogen-bond donors (Lipinski definition) is 3. The molecule has 0 saturated carbocycles. The van der Waals surface area contributed by atoms with E-state index in [1.165, 1.54) is 0 Å². The molecule has 3 atom stereocenters. The van der Waals surface area contributed by atoms with Gasteiger partial charge in [-0.3, -0.25) is 4.57 Å². The number of fused-ring (bicyclic) bond motifs is 1. The van der Waals surface area contributed by atoms with Gasteiger partial charge in [0, 0.05) is 12.5 Å². The summed E-state index contributed by atoms with van der Waals surface area (Å²) in [5, 5.41) is 23.7. The third kappa shape index (κ3) is 3.14. The normalized spacial score (nSPS) is 24.7. The van der Waals surface area contributed by atoms with Crippen LogP contribution in [0.25, 0.3) is 11.0 Å². The Morgan fingerprint density at radius 2 is 2.09 bits per heavy atom. The molecule has 6 nitrogen and oxygen atoms in total. The Balaban J connectivity index is 2.14. The fraction of sp³-hybridized carbons (Fsp3) is 0.533. The van der Waals surface area contributed by atoms with E-state index in [4.69, 9.17) is 27.9 Å². The predicted molar refractivity (Wildman–Crippen MR) is 90.1 cm³/mol. The number of ether oxygens (including phenoxy) is 1. The third-order valence-corrected chi connectivity index (χ3v) is 4.50. The summed E-state index contributed by atoms with van der Waals surface area (Å²) in [6, 6.07) is 3.54. The van der Waals surface area contributed by atoms with Gasteiger partial charge in [0.1, 0.15) is 6.10 Å². The number of nitrogens with one attached hydrogen (secondary N) is 1. The van der Waals surface area contributed by atoms with Gasteiger partial charge in [0.05, 0.1) is 33.8 Å². The Bertz CT molecular complexity index is 720. The van der Waals surface area contributed by atoms with Crippen LogP contribution < -0.4 is 5.32 Å². The lowest BCUT2D eigenvalue weighted by atomic mass is 10.2. The number of nitrogens with zero attached hydrogens (tertiary/aromatic N) is 2. The summed E-state index contributed by atoms with van der Waals surface area (Å²) < 4.78 is 7.55. The molecule has 126 valence electrons. The highest BCUT2D eigenvalue weighted by Crippen LogP contribution is 2.37. The Labute approximate surface area is 144 Å². The van der Waals surface area contributed by atoms with Gasteiger partial charge in [0.2, 0.25) is 5.95 Å². The molecule has 0 spiro atoms. The second-order valence-corrected chi connectivity index (χ2v) is 6.81. The first-order valence-electron chi connectivity index (χ1n) is 7.48. The molecule has 1 fully saturated rings. The molecule has 0 radical (unpaired) electrons. The lowest BCUT2D eigenvalue weighted by Crippen LogP contribution is -2.23. The van der Waals surface area contributed by atoms with Crippen LogP contribution >= 0.6 is 23.2 Å². The summed E-state index contributed by atoms with van der Waals surface area (Å²) in [4.78, 5) is 4.54. The van der Waals surface area contributed by atoms with Crippen molar-refractivity contribution in [1.29, 1.82) is 0 Å². The molecule has 23 heavy (non-hydrogen) atoms. The van der Waals surface area contributed by atoms with E-state index in [0.29, 0.717) is 33.4 Å². The van der Waals surface area contributed by atoms with Crippen molar-refractivity contribution in [3.8, 4) is 0 Å². The van der Waals surface area contributed by atoms with Crippen LogP contribution in [0, 0.1) is 0 Å². The van der Waals surface area contributed by atoms with Crippen molar-refractivity contribution < 1.29 is 14.9 Å². The summed E-state index contributed by atoms with van der Waals surface area (Å²) in [6.07, 6.45) is -1.42. The van der Waals surface area contributed by atoms with Crippen LogP contribution in [-0.4, -0.2) is 44.6 Å². The summed E-state index contributed by atoms with van der Waals surface area (Å²) in [7, 11) is 0. The van der Waals surface area contributed by atoms with Crippen LogP contribution in [0.15, 0.2) is 12.1 Å². The van der Waals surface area contributed by atoms with Crippen molar-refractivity contribution >= 4 is 40.2 Å². The van der Waals surface area contributed by atoms with Gasteiger partial charge in [0.25, 0.3) is 0 Å². The maximum atomic E-state index is 10.3. The minimum atomic E-state index is -0.744. The Kier molecular flexibility index (Phi) is 4.71. The Hall–Kier alpha value is -1.05. The smallest absolute Gasteiger partial charge is 0.206 e. The molecular weight excluding hydrogens is 341 g/mol. The van der Waals surface area contributed by atoms with E-state index >= 15 is 0 Å². The molecule has 1 aliphatic heterocycles. The van der Waals surface area contributed by atoms with Crippen molar-refractivity contribution in [2.75, 3.05) is 11.9 Å². The molecule has 0 amide bonds.